The van der Waals surface area contributed by atoms with Crippen LogP contribution in [0.1, 0.15) is 40.5 Å². The van der Waals surface area contributed by atoms with Gasteiger partial charge < -0.3 is 14.3 Å². The Balaban J connectivity index is 1.47. The lowest BCUT2D eigenvalue weighted by molar-refractivity contribution is 0.0678. The lowest BCUT2D eigenvalue weighted by Gasteiger charge is -2.33. The van der Waals surface area contributed by atoms with Gasteiger partial charge in [0, 0.05) is 40.3 Å². The van der Waals surface area contributed by atoms with Crippen molar-refractivity contribution in [3.8, 4) is 0 Å². The summed E-state index contributed by atoms with van der Waals surface area (Å²) in [6, 6.07) is 10.8. The lowest BCUT2D eigenvalue weighted by Crippen LogP contribution is -2.42. The molecule has 0 unspecified atom stereocenters. The number of likely N-dealkylation sites (tertiary alicyclic amines) is 1. The Bertz CT molecular complexity index is 1350. The van der Waals surface area contributed by atoms with Crippen LogP contribution in [-0.4, -0.2) is 33.4 Å². The molecule has 1 fully saturated rings. The number of hydrogen-bond donors (Lipinski definition) is 1. The maximum atomic E-state index is 13.3. The third kappa shape index (κ3) is 3.03. The SMILES string of the molecule is Cc1[nH]c2ccc(C(=O)N3CCC[C@H](n4c(=O)oc5ccc(Cl)cc54)C3)cc2c1C. The molecule has 0 aliphatic carbocycles. The second-order valence-corrected chi connectivity index (χ2v) is 8.47. The van der Waals surface area contributed by atoms with E-state index in [4.69, 9.17) is 16.0 Å². The Morgan fingerprint density at radius 1 is 1.20 bits per heavy atom. The highest BCUT2D eigenvalue weighted by Gasteiger charge is 2.28. The van der Waals surface area contributed by atoms with Crippen LogP contribution in [0.3, 0.4) is 0 Å². The van der Waals surface area contributed by atoms with Gasteiger partial charge in [0.2, 0.25) is 0 Å². The van der Waals surface area contributed by atoms with E-state index in [0.717, 1.165) is 35.0 Å². The standard InChI is InChI=1S/C23H22ClN3O3/c1-13-14(2)25-19-7-5-15(10-18(13)19)22(28)26-9-3-4-17(12-26)27-20-11-16(24)6-8-21(20)30-23(27)29/h5-8,10-11,17,25H,3-4,9,12H2,1-2H3/t17-/m0/s1. The number of halogens is 1. The zero-order valence-corrected chi connectivity index (χ0v) is 17.6. The van der Waals surface area contributed by atoms with Crippen LogP contribution >= 0.6 is 11.6 Å². The first-order valence-electron chi connectivity index (χ1n) is 10.1. The van der Waals surface area contributed by atoms with Crippen LogP contribution in [0.5, 0.6) is 0 Å². The monoisotopic (exact) mass is 423 g/mol. The summed E-state index contributed by atoms with van der Waals surface area (Å²) in [5.74, 6) is -0.426. The number of carbonyl (C=O) groups is 1. The van der Waals surface area contributed by atoms with Crippen LogP contribution < -0.4 is 5.76 Å². The predicted octanol–water partition coefficient (Wildman–Crippen LogP) is 4.82. The first kappa shape index (κ1) is 19.0. The van der Waals surface area contributed by atoms with Gasteiger partial charge in [0.1, 0.15) is 0 Å². The van der Waals surface area contributed by atoms with E-state index in [2.05, 4.69) is 11.9 Å². The topological polar surface area (TPSA) is 71.2 Å². The fourth-order valence-electron chi connectivity index (χ4n) is 4.48. The van der Waals surface area contributed by atoms with Crippen LogP contribution in [0.4, 0.5) is 0 Å². The van der Waals surface area contributed by atoms with Gasteiger partial charge in [-0.3, -0.25) is 9.36 Å². The van der Waals surface area contributed by atoms with Crippen molar-refractivity contribution in [1.82, 2.24) is 14.5 Å². The molecular formula is C23H22ClN3O3. The molecule has 6 nitrogen and oxygen atoms in total. The average molecular weight is 424 g/mol. The van der Waals surface area contributed by atoms with Crippen LogP contribution in [-0.2, 0) is 0 Å². The van der Waals surface area contributed by atoms with Gasteiger partial charge in [0.05, 0.1) is 11.6 Å². The van der Waals surface area contributed by atoms with Gasteiger partial charge in [-0.25, -0.2) is 4.79 Å². The molecule has 1 aliphatic rings. The van der Waals surface area contributed by atoms with E-state index < -0.39 is 5.76 Å². The minimum Gasteiger partial charge on any atom is -0.408 e. The fourth-order valence-corrected chi connectivity index (χ4v) is 4.65. The zero-order valence-electron chi connectivity index (χ0n) is 16.9. The number of rotatable bonds is 2. The third-order valence-corrected chi connectivity index (χ3v) is 6.41. The minimum atomic E-state index is -0.411. The number of H-pyrrole nitrogens is 1. The number of piperidine rings is 1. The van der Waals surface area contributed by atoms with E-state index in [-0.39, 0.29) is 11.9 Å². The number of carbonyl (C=O) groups excluding carboxylic acids is 1. The van der Waals surface area contributed by atoms with Crippen LogP contribution in [0.25, 0.3) is 22.0 Å². The summed E-state index contributed by atoms with van der Waals surface area (Å²) in [6.45, 7) is 5.22. The Morgan fingerprint density at radius 2 is 2.03 bits per heavy atom. The van der Waals surface area contributed by atoms with Gasteiger partial charge in [-0.15, -0.1) is 0 Å². The Kier molecular flexibility index (Phi) is 4.47. The van der Waals surface area contributed by atoms with Crippen LogP contribution in [0, 0.1) is 13.8 Å². The van der Waals surface area contributed by atoms with Gasteiger partial charge >= 0.3 is 5.76 Å². The molecule has 1 aliphatic heterocycles. The normalized spacial score (nSPS) is 17.2. The number of benzene rings is 2. The van der Waals surface area contributed by atoms with E-state index in [9.17, 15) is 9.59 Å². The molecule has 30 heavy (non-hydrogen) atoms. The van der Waals surface area contributed by atoms with Gasteiger partial charge in [-0.2, -0.15) is 0 Å². The highest BCUT2D eigenvalue weighted by atomic mass is 35.5. The van der Waals surface area contributed by atoms with Crippen molar-refractivity contribution in [3.05, 3.63) is 68.8 Å². The molecule has 1 saturated heterocycles. The minimum absolute atomic E-state index is 0.0151. The van der Waals surface area contributed by atoms with Crippen molar-refractivity contribution in [2.75, 3.05) is 13.1 Å². The Labute approximate surface area is 178 Å². The van der Waals surface area contributed by atoms with Crippen molar-refractivity contribution in [2.24, 2.45) is 0 Å². The quantitative estimate of drug-likeness (QED) is 0.502. The fraction of sp³-hybridized carbons (Fsp3) is 0.304. The maximum absolute atomic E-state index is 13.3. The average Bonchev–Trinajstić information content (AvgIpc) is 3.22. The number of aromatic amines is 1. The second kappa shape index (κ2) is 7.06. The van der Waals surface area contributed by atoms with E-state index in [0.29, 0.717) is 34.8 Å². The van der Waals surface area contributed by atoms with Crippen molar-refractivity contribution >= 4 is 39.5 Å². The molecule has 1 N–H and O–H groups in total. The van der Waals surface area contributed by atoms with E-state index in [1.165, 1.54) is 0 Å². The molecule has 2 aromatic carbocycles. The number of nitrogens with zero attached hydrogens (tertiary/aromatic N) is 2. The molecule has 0 bridgehead atoms. The number of hydrogen-bond acceptors (Lipinski definition) is 3. The molecular weight excluding hydrogens is 402 g/mol. The van der Waals surface area contributed by atoms with Crippen molar-refractivity contribution in [1.29, 1.82) is 0 Å². The molecule has 5 rings (SSSR count). The summed E-state index contributed by atoms with van der Waals surface area (Å²) in [6.07, 6.45) is 1.63. The first-order valence-corrected chi connectivity index (χ1v) is 10.5. The van der Waals surface area contributed by atoms with Crippen molar-refractivity contribution in [3.63, 3.8) is 0 Å². The molecule has 0 spiro atoms. The number of amides is 1. The molecule has 0 radical (unpaired) electrons. The summed E-state index contributed by atoms with van der Waals surface area (Å²) in [5, 5.41) is 1.62. The van der Waals surface area contributed by atoms with Crippen LogP contribution in [0.15, 0.2) is 45.6 Å². The maximum Gasteiger partial charge on any atom is 0.420 e. The summed E-state index contributed by atoms with van der Waals surface area (Å²) < 4.78 is 7.04. The molecule has 1 amide bonds. The Hall–Kier alpha value is -2.99. The highest BCUT2D eigenvalue weighted by molar-refractivity contribution is 6.31. The number of nitrogens with one attached hydrogen (secondary N) is 1. The van der Waals surface area contributed by atoms with Gasteiger partial charge in [-0.1, -0.05) is 11.6 Å². The highest BCUT2D eigenvalue weighted by Crippen LogP contribution is 2.28. The number of fused-ring (bicyclic) bond motifs is 2. The van der Waals surface area contributed by atoms with Gasteiger partial charge in [0.25, 0.3) is 5.91 Å². The third-order valence-electron chi connectivity index (χ3n) is 6.18. The first-order chi connectivity index (χ1) is 14.4. The van der Waals surface area contributed by atoms with E-state index in [1.54, 1.807) is 22.8 Å². The molecule has 7 heteroatoms. The molecule has 0 saturated carbocycles. The zero-order chi connectivity index (χ0) is 21.0. The smallest absolute Gasteiger partial charge is 0.408 e. The Morgan fingerprint density at radius 3 is 2.87 bits per heavy atom. The molecule has 4 aromatic rings. The number of aryl methyl sites for hydroxylation is 2. The second-order valence-electron chi connectivity index (χ2n) is 8.03. The molecule has 154 valence electrons. The summed E-state index contributed by atoms with van der Waals surface area (Å²) in [5.41, 5.74) is 5.15. The van der Waals surface area contributed by atoms with Crippen molar-refractivity contribution < 1.29 is 9.21 Å². The molecule has 1 atom stereocenters. The van der Waals surface area contributed by atoms with Crippen molar-refractivity contribution in [2.45, 2.75) is 32.7 Å². The van der Waals surface area contributed by atoms with Crippen LogP contribution in [0.2, 0.25) is 5.02 Å². The van der Waals surface area contributed by atoms with Gasteiger partial charge in [-0.05, 0) is 68.7 Å². The lowest BCUT2D eigenvalue weighted by atomic mass is 10.0. The summed E-state index contributed by atoms with van der Waals surface area (Å²) in [7, 11) is 0. The van der Waals surface area contributed by atoms with E-state index >= 15 is 0 Å². The summed E-state index contributed by atoms with van der Waals surface area (Å²) >= 11 is 6.14. The van der Waals surface area contributed by atoms with E-state index in [1.807, 2.05) is 30.0 Å². The molecule has 3 heterocycles. The predicted molar refractivity (Wildman–Crippen MR) is 117 cm³/mol. The number of oxazole rings is 1. The van der Waals surface area contributed by atoms with Gasteiger partial charge in [0.15, 0.2) is 5.58 Å². The number of aromatic nitrogens is 2. The summed E-state index contributed by atoms with van der Waals surface area (Å²) in [4.78, 5) is 31.0. The molecule has 2 aromatic heterocycles. The largest absolute Gasteiger partial charge is 0.420 e.